The lowest BCUT2D eigenvalue weighted by atomic mass is 9.84. The van der Waals surface area contributed by atoms with Crippen LogP contribution in [0.2, 0.25) is 0 Å². The van der Waals surface area contributed by atoms with Gasteiger partial charge in [-0.1, -0.05) is 22.6 Å². The van der Waals surface area contributed by atoms with E-state index in [9.17, 15) is 15.3 Å². The summed E-state index contributed by atoms with van der Waals surface area (Å²) in [6, 6.07) is -1.38. The van der Waals surface area contributed by atoms with E-state index in [0.29, 0.717) is 6.42 Å². The minimum atomic E-state index is -1.20. The molecule has 1 saturated carbocycles. The molecule has 3 fully saturated rings. The Hall–Kier alpha value is 0.290. The summed E-state index contributed by atoms with van der Waals surface area (Å²) >= 11 is 1.97. The highest BCUT2D eigenvalue weighted by atomic mass is 127. The van der Waals surface area contributed by atoms with E-state index in [1.807, 2.05) is 36.6 Å². The Balaban J connectivity index is 1.67. The third-order valence-corrected chi connectivity index (χ3v) is 8.89. The number of aliphatic hydroxyl groups excluding tert-OH is 2. The van der Waals surface area contributed by atoms with E-state index >= 15 is 0 Å². The van der Waals surface area contributed by atoms with Gasteiger partial charge in [0, 0.05) is 18.1 Å². The Morgan fingerprint density at radius 1 is 1.03 bits per heavy atom. The summed E-state index contributed by atoms with van der Waals surface area (Å²) in [6.45, 7) is 3.59. The largest absolute Gasteiger partial charge is 0.388 e. The minimum Gasteiger partial charge on any atom is -0.388 e. The van der Waals surface area contributed by atoms with Gasteiger partial charge in [-0.3, -0.25) is 0 Å². The summed E-state index contributed by atoms with van der Waals surface area (Å²) in [5, 5.41) is 35.1. The predicted molar refractivity (Wildman–Crippen MR) is 125 cm³/mol. The van der Waals surface area contributed by atoms with E-state index in [1.165, 1.54) is 0 Å². The van der Waals surface area contributed by atoms with Crippen molar-refractivity contribution in [3.63, 3.8) is 0 Å². The molecule has 3 rings (SSSR count). The van der Waals surface area contributed by atoms with Gasteiger partial charge in [0.1, 0.15) is 24.4 Å². The number of aliphatic hydroxyl groups is 3. The van der Waals surface area contributed by atoms with Crippen molar-refractivity contribution in [2.45, 2.75) is 110 Å². The van der Waals surface area contributed by atoms with Crippen molar-refractivity contribution < 1.29 is 34.3 Å². The first kappa shape index (κ1) is 26.9. The second kappa shape index (κ2) is 10.9. The van der Waals surface area contributed by atoms with Crippen LogP contribution in [0.5, 0.6) is 0 Å². The summed E-state index contributed by atoms with van der Waals surface area (Å²) in [5.74, 6) is 0. The minimum absolute atomic E-state index is 0.0182. The number of hydrogen-bond acceptors (Lipinski definition) is 11. The van der Waals surface area contributed by atoms with Crippen LogP contribution in [-0.2, 0) is 18.9 Å². The van der Waals surface area contributed by atoms with Crippen molar-refractivity contribution in [1.82, 2.24) is 5.32 Å². The van der Waals surface area contributed by atoms with Crippen molar-refractivity contribution >= 4 is 22.6 Å². The molecule has 10 N–H and O–H groups in total. The van der Waals surface area contributed by atoms with Crippen LogP contribution in [0.3, 0.4) is 0 Å². The first-order valence-electron chi connectivity index (χ1n) is 11.2. The number of likely N-dealkylation sites (N-methyl/N-ethyl adjacent to an activating group) is 1. The molecule has 13 atom stereocenters. The number of nitrogens with one attached hydrogen (secondary N) is 1. The fourth-order valence-corrected chi connectivity index (χ4v) is 5.04. The van der Waals surface area contributed by atoms with E-state index in [1.54, 1.807) is 6.92 Å². The molecule has 32 heavy (non-hydrogen) atoms. The average Bonchev–Trinajstić information content (AvgIpc) is 2.74. The molecule has 0 spiro atoms. The maximum atomic E-state index is 11.1. The van der Waals surface area contributed by atoms with E-state index in [-0.39, 0.29) is 24.8 Å². The normalized spacial score (nSPS) is 51.4. The lowest BCUT2D eigenvalue weighted by Gasteiger charge is -2.47. The molecule has 1 aliphatic carbocycles. The van der Waals surface area contributed by atoms with Crippen molar-refractivity contribution in [2.75, 3.05) is 13.7 Å². The molecule has 0 aromatic rings. The zero-order valence-electron chi connectivity index (χ0n) is 18.8. The van der Waals surface area contributed by atoms with Crippen molar-refractivity contribution in [2.24, 2.45) is 17.2 Å². The van der Waals surface area contributed by atoms with Gasteiger partial charge in [-0.2, -0.15) is 0 Å². The molecule has 0 amide bonds. The maximum Gasteiger partial charge on any atom is 0.185 e. The lowest BCUT2D eigenvalue weighted by Crippen LogP contribution is -2.66. The number of alkyl halides is 1. The average molecular weight is 574 g/mol. The topological polar surface area (TPSA) is 188 Å². The summed E-state index contributed by atoms with van der Waals surface area (Å²) in [6.07, 6.45) is -3.99. The van der Waals surface area contributed by atoms with Crippen molar-refractivity contribution in [3.05, 3.63) is 0 Å². The summed E-state index contributed by atoms with van der Waals surface area (Å²) in [4.78, 5) is 0. The number of ether oxygens (including phenoxy) is 4. The fraction of sp³-hybridized carbons (Fsp3) is 1.00. The third kappa shape index (κ3) is 5.74. The Kier molecular flexibility index (Phi) is 9.17. The van der Waals surface area contributed by atoms with Gasteiger partial charge in [0.05, 0.1) is 28.3 Å². The Labute approximate surface area is 202 Å². The second-order valence-corrected chi connectivity index (χ2v) is 10.9. The predicted octanol–water partition coefficient (Wildman–Crippen LogP) is -2.11. The van der Waals surface area contributed by atoms with Crippen LogP contribution in [0.25, 0.3) is 0 Å². The number of nitrogens with two attached hydrogens (primary N) is 3. The summed E-state index contributed by atoms with van der Waals surface area (Å²) in [5.41, 5.74) is 17.6. The van der Waals surface area contributed by atoms with Crippen LogP contribution in [0.15, 0.2) is 0 Å². The Bertz CT molecular complexity index is 620. The molecular weight excluding hydrogens is 535 g/mol. The van der Waals surface area contributed by atoms with Gasteiger partial charge < -0.3 is 56.8 Å². The van der Waals surface area contributed by atoms with Crippen LogP contribution >= 0.6 is 22.6 Å². The Morgan fingerprint density at radius 2 is 1.62 bits per heavy atom. The maximum absolute atomic E-state index is 11.1. The highest BCUT2D eigenvalue weighted by Gasteiger charge is 2.50. The zero-order chi connectivity index (χ0) is 23.8. The fourth-order valence-electron chi connectivity index (χ4n) is 4.52. The Morgan fingerprint density at radius 3 is 2.22 bits per heavy atom. The highest BCUT2D eigenvalue weighted by Crippen LogP contribution is 2.34. The quantitative estimate of drug-likeness (QED) is 0.136. The van der Waals surface area contributed by atoms with Crippen LogP contribution < -0.4 is 22.5 Å². The number of hydrogen-bond donors (Lipinski definition) is 7. The van der Waals surface area contributed by atoms with Gasteiger partial charge in [0.15, 0.2) is 12.6 Å². The molecule has 0 aromatic heterocycles. The molecule has 0 bridgehead atoms. The van der Waals surface area contributed by atoms with E-state index < -0.39 is 58.6 Å². The van der Waals surface area contributed by atoms with Gasteiger partial charge in [-0.15, -0.1) is 0 Å². The smallest absolute Gasteiger partial charge is 0.185 e. The monoisotopic (exact) mass is 574 g/mol. The third-order valence-electron chi connectivity index (χ3n) is 6.81. The van der Waals surface area contributed by atoms with Gasteiger partial charge in [0.25, 0.3) is 0 Å². The van der Waals surface area contributed by atoms with Crippen molar-refractivity contribution in [1.29, 1.82) is 0 Å². The molecule has 12 heteroatoms. The summed E-state index contributed by atoms with van der Waals surface area (Å²) < 4.78 is 23.1. The molecule has 2 saturated heterocycles. The van der Waals surface area contributed by atoms with E-state index in [2.05, 4.69) is 5.32 Å². The standard InChI is InChI=1S/C20H39IN4O7/c1-8(25-3)12-5-4-9(22)18(30-12)31-15-10(23)6-11(24)16(13(15)26)32-19-14(27)17(21)20(2,28)7-29-19/h8-19,25-28H,4-7,22-24H2,1-3H3/t8?,9-,10+,11-,12+,13+,14-,15-,16+,17-,18-,19-,20+/m1/s1. The van der Waals surface area contributed by atoms with Crippen LogP contribution in [0, 0.1) is 0 Å². The van der Waals surface area contributed by atoms with Crippen LogP contribution in [-0.4, -0.2) is 106 Å². The SMILES string of the molecule is CNC(C)[C@@H]1CC[C@@H](N)[C@@H](O[C@H]2[C@H](O)[C@@H](O[C@H]3OC[C@](C)(O)[C@H](I)[C@H]3O)[C@H](N)C[C@@H]2N)O1. The molecule has 0 radical (unpaired) electrons. The van der Waals surface area contributed by atoms with E-state index in [0.717, 1.165) is 12.8 Å². The van der Waals surface area contributed by atoms with Crippen LogP contribution in [0.4, 0.5) is 0 Å². The molecule has 1 unspecified atom stereocenters. The molecule has 0 aromatic carbocycles. The van der Waals surface area contributed by atoms with Gasteiger partial charge in [-0.05, 0) is 40.2 Å². The summed E-state index contributed by atoms with van der Waals surface area (Å²) in [7, 11) is 1.87. The number of rotatable bonds is 6. The molecule has 11 nitrogen and oxygen atoms in total. The van der Waals surface area contributed by atoms with Gasteiger partial charge in [-0.25, -0.2) is 0 Å². The number of halogens is 1. The van der Waals surface area contributed by atoms with Crippen molar-refractivity contribution in [3.8, 4) is 0 Å². The zero-order valence-corrected chi connectivity index (χ0v) is 21.0. The molecule has 3 aliphatic rings. The highest BCUT2D eigenvalue weighted by molar-refractivity contribution is 14.1. The first-order valence-corrected chi connectivity index (χ1v) is 12.5. The molecule has 2 aliphatic heterocycles. The second-order valence-electron chi connectivity index (χ2n) is 9.55. The van der Waals surface area contributed by atoms with E-state index in [4.69, 9.17) is 36.1 Å². The molecular formula is C20H39IN4O7. The molecule has 2 heterocycles. The lowest BCUT2D eigenvalue weighted by molar-refractivity contribution is -0.299. The van der Waals surface area contributed by atoms with Crippen LogP contribution in [0.1, 0.15) is 33.1 Å². The van der Waals surface area contributed by atoms with Gasteiger partial charge >= 0.3 is 0 Å². The van der Waals surface area contributed by atoms with Gasteiger partial charge in [0.2, 0.25) is 0 Å². The first-order chi connectivity index (χ1) is 15.0. The molecule has 188 valence electrons.